The summed E-state index contributed by atoms with van der Waals surface area (Å²) in [4.78, 5) is 0. The van der Waals surface area contributed by atoms with E-state index < -0.39 is 5.97 Å². The van der Waals surface area contributed by atoms with Crippen LogP contribution in [-0.2, 0) is 0 Å². The molecule has 0 aromatic heterocycles. The summed E-state index contributed by atoms with van der Waals surface area (Å²) in [7, 11) is 0. The van der Waals surface area contributed by atoms with Crippen LogP contribution in [0.5, 0.6) is 0 Å². The second-order valence-electron chi connectivity index (χ2n) is 3.02. The van der Waals surface area contributed by atoms with Gasteiger partial charge in [-0.3, -0.25) is 0 Å². The van der Waals surface area contributed by atoms with E-state index in [9.17, 15) is 0 Å². The number of hydrogen-bond acceptors (Lipinski definition) is 3. The molecule has 0 spiro atoms. The Morgan fingerprint density at radius 1 is 0.900 bits per heavy atom. The van der Waals surface area contributed by atoms with Crippen molar-refractivity contribution < 1.29 is 15.3 Å². The standard InChI is InChI=1S/C7H14O3/c8-7(9,10)6-4-2-1-3-5-6/h6,8-10H,1-5H2. The number of rotatable bonds is 1. The van der Waals surface area contributed by atoms with Crippen LogP contribution in [0.2, 0.25) is 0 Å². The molecule has 0 bridgehead atoms. The molecule has 0 amide bonds. The first-order chi connectivity index (χ1) is 4.61. The Labute approximate surface area is 60.3 Å². The average Bonchev–Trinajstić information content (AvgIpc) is 1.88. The minimum Gasteiger partial charge on any atom is -0.343 e. The van der Waals surface area contributed by atoms with Crippen LogP contribution in [0.15, 0.2) is 0 Å². The van der Waals surface area contributed by atoms with Gasteiger partial charge < -0.3 is 15.3 Å². The van der Waals surface area contributed by atoms with Crippen molar-refractivity contribution in [3.05, 3.63) is 0 Å². The van der Waals surface area contributed by atoms with E-state index in [2.05, 4.69) is 0 Å². The summed E-state index contributed by atoms with van der Waals surface area (Å²) in [6, 6.07) is 0. The van der Waals surface area contributed by atoms with Crippen LogP contribution in [0, 0.1) is 5.92 Å². The first-order valence-electron chi connectivity index (χ1n) is 3.78. The SMILES string of the molecule is OC(O)(O)C1CCCCC1. The molecule has 1 saturated carbocycles. The molecule has 1 fully saturated rings. The minimum atomic E-state index is -2.43. The van der Waals surface area contributed by atoms with Crippen LogP contribution in [0.25, 0.3) is 0 Å². The summed E-state index contributed by atoms with van der Waals surface area (Å²) in [5, 5.41) is 26.3. The van der Waals surface area contributed by atoms with Gasteiger partial charge in [-0.1, -0.05) is 19.3 Å². The van der Waals surface area contributed by atoms with Gasteiger partial charge in [-0.05, 0) is 12.8 Å². The van der Waals surface area contributed by atoms with E-state index in [-0.39, 0.29) is 5.92 Å². The maximum atomic E-state index is 8.75. The van der Waals surface area contributed by atoms with Crippen LogP contribution >= 0.6 is 0 Å². The quantitative estimate of drug-likeness (QED) is 0.463. The van der Waals surface area contributed by atoms with Gasteiger partial charge in [-0.25, -0.2) is 0 Å². The second kappa shape index (κ2) is 2.86. The molecule has 3 N–H and O–H groups in total. The minimum absolute atomic E-state index is 0.332. The van der Waals surface area contributed by atoms with Crippen molar-refractivity contribution in [3.8, 4) is 0 Å². The maximum Gasteiger partial charge on any atom is 0.278 e. The Morgan fingerprint density at radius 3 is 1.70 bits per heavy atom. The molecule has 1 aliphatic rings. The van der Waals surface area contributed by atoms with Crippen molar-refractivity contribution >= 4 is 0 Å². The van der Waals surface area contributed by atoms with Gasteiger partial charge in [-0.15, -0.1) is 0 Å². The highest BCUT2D eigenvalue weighted by Gasteiger charge is 2.32. The molecule has 0 aliphatic heterocycles. The monoisotopic (exact) mass is 146 g/mol. The Morgan fingerprint density at radius 2 is 1.40 bits per heavy atom. The second-order valence-corrected chi connectivity index (χ2v) is 3.02. The van der Waals surface area contributed by atoms with Crippen LogP contribution in [0.3, 0.4) is 0 Å². The molecule has 0 aromatic rings. The molecule has 0 heterocycles. The Bertz CT molecular complexity index is 99.9. The number of hydrogen-bond donors (Lipinski definition) is 3. The van der Waals surface area contributed by atoms with Crippen LogP contribution in [-0.4, -0.2) is 21.3 Å². The maximum absolute atomic E-state index is 8.75. The zero-order valence-corrected chi connectivity index (χ0v) is 5.95. The summed E-state index contributed by atoms with van der Waals surface area (Å²) < 4.78 is 0. The van der Waals surface area contributed by atoms with E-state index in [0.29, 0.717) is 0 Å². The first-order valence-corrected chi connectivity index (χ1v) is 3.78. The predicted octanol–water partition coefficient (Wildman–Crippen LogP) is 0.197. The Hall–Kier alpha value is -0.120. The molecule has 10 heavy (non-hydrogen) atoms. The average molecular weight is 146 g/mol. The van der Waals surface area contributed by atoms with Gasteiger partial charge in [0.1, 0.15) is 0 Å². The Kier molecular flexibility index (Phi) is 2.28. The molecular formula is C7H14O3. The summed E-state index contributed by atoms with van der Waals surface area (Å²) in [5.74, 6) is -2.76. The van der Waals surface area contributed by atoms with Crippen LogP contribution in [0.4, 0.5) is 0 Å². The van der Waals surface area contributed by atoms with Crippen molar-refractivity contribution in [2.24, 2.45) is 5.92 Å². The molecule has 60 valence electrons. The zero-order chi connectivity index (χ0) is 7.61. The highest BCUT2D eigenvalue weighted by Crippen LogP contribution is 2.29. The third kappa shape index (κ3) is 1.94. The van der Waals surface area contributed by atoms with E-state index >= 15 is 0 Å². The first kappa shape index (κ1) is 7.98. The van der Waals surface area contributed by atoms with Gasteiger partial charge >= 0.3 is 0 Å². The van der Waals surface area contributed by atoms with E-state index in [4.69, 9.17) is 15.3 Å². The lowest BCUT2D eigenvalue weighted by Gasteiger charge is -2.28. The highest BCUT2D eigenvalue weighted by molar-refractivity contribution is 4.70. The Balaban J connectivity index is 2.39. The molecule has 3 nitrogen and oxygen atoms in total. The lowest BCUT2D eigenvalue weighted by atomic mass is 9.87. The van der Waals surface area contributed by atoms with Crippen molar-refractivity contribution in [3.63, 3.8) is 0 Å². The number of aliphatic hydroxyl groups is 3. The lowest BCUT2D eigenvalue weighted by molar-refractivity contribution is -0.345. The summed E-state index contributed by atoms with van der Waals surface area (Å²) in [6.07, 6.45) is 4.59. The third-order valence-corrected chi connectivity index (χ3v) is 2.15. The van der Waals surface area contributed by atoms with Gasteiger partial charge in [-0.2, -0.15) is 0 Å². The normalized spacial score (nSPS) is 23.1. The van der Waals surface area contributed by atoms with Gasteiger partial charge in [0.25, 0.3) is 5.97 Å². The fourth-order valence-electron chi connectivity index (χ4n) is 1.49. The summed E-state index contributed by atoms with van der Waals surface area (Å²) >= 11 is 0. The largest absolute Gasteiger partial charge is 0.343 e. The zero-order valence-electron chi connectivity index (χ0n) is 5.95. The molecule has 0 radical (unpaired) electrons. The molecule has 0 unspecified atom stereocenters. The lowest BCUT2D eigenvalue weighted by Crippen LogP contribution is -2.38. The topological polar surface area (TPSA) is 60.7 Å². The van der Waals surface area contributed by atoms with Gasteiger partial charge in [0.05, 0.1) is 0 Å². The van der Waals surface area contributed by atoms with Crippen LogP contribution in [0.1, 0.15) is 32.1 Å². The fourth-order valence-corrected chi connectivity index (χ4v) is 1.49. The van der Waals surface area contributed by atoms with Crippen molar-refractivity contribution in [2.75, 3.05) is 0 Å². The van der Waals surface area contributed by atoms with Crippen molar-refractivity contribution in [1.29, 1.82) is 0 Å². The molecular weight excluding hydrogens is 132 g/mol. The fraction of sp³-hybridized carbons (Fsp3) is 1.00. The highest BCUT2D eigenvalue weighted by atomic mass is 16.7. The predicted molar refractivity (Wildman–Crippen MR) is 36.0 cm³/mol. The molecule has 0 aromatic carbocycles. The molecule has 0 atom stereocenters. The van der Waals surface area contributed by atoms with Gasteiger partial charge in [0.15, 0.2) is 0 Å². The molecule has 1 aliphatic carbocycles. The van der Waals surface area contributed by atoms with E-state index in [0.717, 1.165) is 32.1 Å². The molecule has 0 saturated heterocycles. The van der Waals surface area contributed by atoms with E-state index in [1.165, 1.54) is 0 Å². The van der Waals surface area contributed by atoms with Crippen molar-refractivity contribution in [2.45, 2.75) is 38.1 Å². The molecule has 1 rings (SSSR count). The summed E-state index contributed by atoms with van der Waals surface area (Å²) in [5.41, 5.74) is 0. The molecule has 3 heteroatoms. The van der Waals surface area contributed by atoms with Gasteiger partial charge in [0, 0.05) is 5.92 Å². The summed E-state index contributed by atoms with van der Waals surface area (Å²) in [6.45, 7) is 0. The van der Waals surface area contributed by atoms with E-state index in [1.807, 2.05) is 0 Å². The third-order valence-electron chi connectivity index (χ3n) is 2.15. The van der Waals surface area contributed by atoms with Crippen LogP contribution < -0.4 is 0 Å². The van der Waals surface area contributed by atoms with Gasteiger partial charge in [0.2, 0.25) is 0 Å². The van der Waals surface area contributed by atoms with E-state index in [1.54, 1.807) is 0 Å². The van der Waals surface area contributed by atoms with Crippen molar-refractivity contribution in [1.82, 2.24) is 0 Å². The smallest absolute Gasteiger partial charge is 0.278 e.